The first-order valence-corrected chi connectivity index (χ1v) is 6.69. The number of Topliss-reactive ketones (excluding diaryl/α,β-unsaturated/α-hetero) is 1. The van der Waals surface area contributed by atoms with Crippen molar-refractivity contribution in [1.29, 1.82) is 0 Å². The van der Waals surface area contributed by atoms with E-state index >= 15 is 0 Å². The highest BCUT2D eigenvalue weighted by molar-refractivity contribution is 6.12. The lowest BCUT2D eigenvalue weighted by molar-refractivity contribution is -0.121. The first-order valence-electron chi connectivity index (χ1n) is 6.69. The quantitative estimate of drug-likeness (QED) is 0.880. The van der Waals surface area contributed by atoms with E-state index in [1.54, 1.807) is 54.6 Å². The van der Waals surface area contributed by atoms with Gasteiger partial charge in [-0.2, -0.15) is 0 Å². The molecule has 2 atom stereocenters. The molecule has 0 radical (unpaired) electrons. The van der Waals surface area contributed by atoms with E-state index in [1.165, 1.54) is 6.92 Å². The van der Waals surface area contributed by atoms with Crippen LogP contribution in [0.3, 0.4) is 0 Å². The number of ketones is 1. The molecule has 4 heteroatoms. The Bertz CT molecular complexity index is 714. The average Bonchev–Trinajstić information content (AvgIpc) is 2.79. The monoisotopic (exact) mass is 283 g/mol. The molecule has 106 valence electrons. The van der Waals surface area contributed by atoms with Crippen LogP contribution in [0.5, 0.6) is 0 Å². The van der Waals surface area contributed by atoms with Gasteiger partial charge in [-0.15, -0.1) is 0 Å². The second-order valence-electron chi connectivity index (χ2n) is 5.29. The van der Waals surface area contributed by atoms with E-state index in [4.69, 9.17) is 0 Å². The molecule has 1 amide bonds. The third-order valence-electron chi connectivity index (χ3n) is 4.00. The van der Waals surface area contributed by atoms with Gasteiger partial charge in [0.1, 0.15) is 5.41 Å². The molecule has 3 nitrogen and oxygen atoms in total. The molecule has 0 bridgehead atoms. The van der Waals surface area contributed by atoms with Crippen molar-refractivity contribution in [1.82, 2.24) is 0 Å². The maximum atomic E-state index is 14.9. The van der Waals surface area contributed by atoms with Gasteiger partial charge in [0.05, 0.1) is 0 Å². The molecule has 0 aromatic heterocycles. The number of amides is 1. The lowest BCUT2D eigenvalue weighted by atomic mass is 9.76. The van der Waals surface area contributed by atoms with Crippen LogP contribution in [-0.2, 0) is 10.2 Å². The Morgan fingerprint density at radius 2 is 1.71 bits per heavy atom. The highest BCUT2D eigenvalue weighted by Gasteiger charge is 2.52. The Hall–Kier alpha value is -2.49. The van der Waals surface area contributed by atoms with Gasteiger partial charge in [-0.25, -0.2) is 4.39 Å². The van der Waals surface area contributed by atoms with Gasteiger partial charge in [-0.05, 0) is 18.6 Å². The number of carbonyl (C=O) groups excluding carboxylic acids is 2. The zero-order valence-electron chi connectivity index (χ0n) is 11.5. The summed E-state index contributed by atoms with van der Waals surface area (Å²) in [7, 11) is 0. The first kappa shape index (κ1) is 13.5. The molecule has 2 aromatic rings. The highest BCUT2D eigenvalue weighted by Crippen LogP contribution is 2.42. The maximum Gasteiger partial charge on any atom is 0.238 e. The lowest BCUT2D eigenvalue weighted by Gasteiger charge is -2.25. The number of alkyl halides is 1. The fraction of sp³-hybridized carbons (Fsp3) is 0.176. The SMILES string of the molecule is C[C@]1([C@@H](F)C(=O)c2ccccc2)C(=O)Nc2ccccc21. The number of para-hydroxylation sites is 1. The Morgan fingerprint density at radius 1 is 1.10 bits per heavy atom. The fourth-order valence-corrected chi connectivity index (χ4v) is 2.68. The summed E-state index contributed by atoms with van der Waals surface area (Å²) in [4.78, 5) is 24.6. The standard InChI is InChI=1S/C17H14FNO2/c1-17(12-9-5-6-10-13(12)19-16(17)21)15(18)14(20)11-7-3-2-4-8-11/h2-10,15H,1H3,(H,19,21)/t15-,17-/m0/s1. The number of rotatable bonds is 3. The van der Waals surface area contributed by atoms with Crippen LogP contribution in [0, 0.1) is 0 Å². The molecule has 21 heavy (non-hydrogen) atoms. The topological polar surface area (TPSA) is 46.2 Å². The minimum atomic E-state index is -1.93. The van der Waals surface area contributed by atoms with Gasteiger partial charge in [0.25, 0.3) is 0 Å². The van der Waals surface area contributed by atoms with Gasteiger partial charge in [0, 0.05) is 11.3 Å². The molecule has 3 rings (SSSR count). The molecule has 0 saturated carbocycles. The normalized spacial score (nSPS) is 21.5. The molecule has 0 aliphatic carbocycles. The van der Waals surface area contributed by atoms with E-state index in [-0.39, 0.29) is 5.56 Å². The largest absolute Gasteiger partial charge is 0.325 e. The molecule has 1 aliphatic heterocycles. The third-order valence-corrected chi connectivity index (χ3v) is 4.00. The number of halogens is 1. The van der Waals surface area contributed by atoms with Crippen molar-refractivity contribution in [3.8, 4) is 0 Å². The van der Waals surface area contributed by atoms with Gasteiger partial charge in [0.15, 0.2) is 12.0 Å². The number of carbonyl (C=O) groups is 2. The van der Waals surface area contributed by atoms with Crippen LogP contribution in [0.4, 0.5) is 10.1 Å². The second-order valence-corrected chi connectivity index (χ2v) is 5.29. The summed E-state index contributed by atoms with van der Waals surface area (Å²) in [6.07, 6.45) is -1.93. The van der Waals surface area contributed by atoms with Crippen LogP contribution in [0.25, 0.3) is 0 Å². The van der Waals surface area contributed by atoms with Crippen LogP contribution >= 0.6 is 0 Å². The van der Waals surface area contributed by atoms with Crippen molar-refractivity contribution in [3.63, 3.8) is 0 Å². The molecule has 0 unspecified atom stereocenters. The van der Waals surface area contributed by atoms with Gasteiger partial charge >= 0.3 is 0 Å². The molecular formula is C17H14FNO2. The van der Waals surface area contributed by atoms with E-state index in [0.717, 1.165) is 0 Å². The smallest absolute Gasteiger partial charge is 0.238 e. The predicted molar refractivity (Wildman–Crippen MR) is 78.1 cm³/mol. The van der Waals surface area contributed by atoms with E-state index in [9.17, 15) is 14.0 Å². The van der Waals surface area contributed by atoms with Gasteiger partial charge < -0.3 is 5.32 Å². The Morgan fingerprint density at radius 3 is 2.43 bits per heavy atom. The number of benzene rings is 2. The highest BCUT2D eigenvalue weighted by atomic mass is 19.1. The van der Waals surface area contributed by atoms with Gasteiger partial charge in [-0.1, -0.05) is 48.5 Å². The van der Waals surface area contributed by atoms with Crippen molar-refractivity contribution in [2.45, 2.75) is 18.5 Å². The van der Waals surface area contributed by atoms with Crippen LogP contribution in [0.15, 0.2) is 54.6 Å². The van der Waals surface area contributed by atoms with E-state index in [1.807, 2.05) is 0 Å². The summed E-state index contributed by atoms with van der Waals surface area (Å²) in [5.41, 5.74) is -0.146. The van der Waals surface area contributed by atoms with Gasteiger partial charge in [0.2, 0.25) is 5.91 Å². The van der Waals surface area contributed by atoms with Crippen LogP contribution in [0.1, 0.15) is 22.8 Å². The third kappa shape index (κ3) is 1.95. The van der Waals surface area contributed by atoms with Crippen molar-refractivity contribution in [2.75, 3.05) is 5.32 Å². The second kappa shape index (κ2) is 4.81. The number of anilines is 1. The number of hydrogen-bond donors (Lipinski definition) is 1. The lowest BCUT2D eigenvalue weighted by Crippen LogP contribution is -2.44. The minimum Gasteiger partial charge on any atom is -0.325 e. The molecular weight excluding hydrogens is 269 g/mol. The number of hydrogen-bond acceptors (Lipinski definition) is 2. The van der Waals surface area contributed by atoms with Crippen LogP contribution in [0.2, 0.25) is 0 Å². The molecule has 1 heterocycles. The van der Waals surface area contributed by atoms with Crippen molar-refractivity contribution in [3.05, 3.63) is 65.7 Å². The summed E-state index contributed by atoms with van der Waals surface area (Å²) in [6, 6.07) is 15.1. The minimum absolute atomic E-state index is 0.267. The van der Waals surface area contributed by atoms with Crippen LogP contribution in [-0.4, -0.2) is 17.9 Å². The van der Waals surface area contributed by atoms with E-state index < -0.39 is 23.3 Å². The average molecular weight is 283 g/mol. The number of nitrogens with one attached hydrogen (secondary N) is 1. The zero-order valence-corrected chi connectivity index (χ0v) is 11.5. The Kier molecular flexibility index (Phi) is 3.09. The number of fused-ring (bicyclic) bond motifs is 1. The molecule has 0 fully saturated rings. The molecule has 1 N–H and O–H groups in total. The molecule has 0 saturated heterocycles. The first-order chi connectivity index (χ1) is 10.0. The predicted octanol–water partition coefficient (Wildman–Crippen LogP) is 3.12. The van der Waals surface area contributed by atoms with Crippen molar-refractivity contribution >= 4 is 17.4 Å². The maximum absolute atomic E-state index is 14.9. The molecule has 0 spiro atoms. The van der Waals surface area contributed by atoms with E-state index in [2.05, 4.69) is 5.32 Å². The van der Waals surface area contributed by atoms with Gasteiger partial charge in [-0.3, -0.25) is 9.59 Å². The Labute approximate surface area is 121 Å². The Balaban J connectivity index is 2.03. The molecule has 2 aromatic carbocycles. The summed E-state index contributed by atoms with van der Waals surface area (Å²) < 4.78 is 14.9. The summed E-state index contributed by atoms with van der Waals surface area (Å²) in [5, 5.41) is 2.64. The molecule has 1 aliphatic rings. The fourth-order valence-electron chi connectivity index (χ4n) is 2.68. The van der Waals surface area contributed by atoms with Crippen molar-refractivity contribution < 1.29 is 14.0 Å². The van der Waals surface area contributed by atoms with E-state index in [0.29, 0.717) is 11.3 Å². The van der Waals surface area contributed by atoms with Crippen LogP contribution < -0.4 is 5.32 Å². The zero-order chi connectivity index (χ0) is 15.0. The summed E-state index contributed by atoms with van der Waals surface area (Å²) >= 11 is 0. The summed E-state index contributed by atoms with van der Waals surface area (Å²) in [6.45, 7) is 1.47. The van der Waals surface area contributed by atoms with Crippen molar-refractivity contribution in [2.24, 2.45) is 0 Å². The summed E-state index contributed by atoms with van der Waals surface area (Å²) in [5.74, 6) is -1.16.